The van der Waals surface area contributed by atoms with Crippen LogP contribution in [0.4, 0.5) is 5.69 Å². The molecule has 1 aromatic rings. The quantitative estimate of drug-likeness (QED) is 0.739. The Kier molecular flexibility index (Phi) is 6.87. The van der Waals surface area contributed by atoms with Crippen LogP contribution in [0.2, 0.25) is 0 Å². The molecule has 0 bridgehead atoms. The Bertz CT molecular complexity index is 421. The number of carbonyl (C=O) groups excluding carboxylic acids is 1. The zero-order valence-electron chi connectivity index (χ0n) is 12.5. The normalized spacial score (nSPS) is 10.6. The van der Waals surface area contributed by atoms with Crippen molar-refractivity contribution in [2.45, 2.75) is 26.3 Å². The highest BCUT2D eigenvalue weighted by atomic mass is 16.5. The highest BCUT2D eigenvalue weighted by Crippen LogP contribution is 2.19. The first-order valence-electron chi connectivity index (χ1n) is 6.82. The van der Waals surface area contributed by atoms with Gasteiger partial charge in [-0.3, -0.25) is 4.79 Å². The molecule has 0 atom stereocenters. The predicted molar refractivity (Wildman–Crippen MR) is 79.7 cm³/mol. The third kappa shape index (κ3) is 5.09. The van der Waals surface area contributed by atoms with Gasteiger partial charge in [-0.2, -0.15) is 0 Å². The molecule has 0 saturated heterocycles. The van der Waals surface area contributed by atoms with E-state index in [2.05, 4.69) is 0 Å². The van der Waals surface area contributed by atoms with Crippen molar-refractivity contribution in [2.75, 3.05) is 32.6 Å². The summed E-state index contributed by atoms with van der Waals surface area (Å²) in [5, 5.41) is 0. The second-order valence-corrected chi connectivity index (χ2v) is 4.81. The SMILES string of the molecule is COCCN(C(=O)CCOc1ccccc1N)C(C)C. The maximum absolute atomic E-state index is 12.1. The van der Waals surface area contributed by atoms with Crippen LogP contribution in [0.15, 0.2) is 24.3 Å². The van der Waals surface area contributed by atoms with E-state index in [4.69, 9.17) is 15.2 Å². The number of benzene rings is 1. The van der Waals surface area contributed by atoms with E-state index in [1.54, 1.807) is 24.1 Å². The highest BCUT2D eigenvalue weighted by Gasteiger charge is 2.16. The van der Waals surface area contributed by atoms with Crippen LogP contribution in [0, 0.1) is 0 Å². The number of nitrogens with zero attached hydrogens (tertiary/aromatic N) is 1. The molecule has 2 N–H and O–H groups in total. The predicted octanol–water partition coefficient (Wildman–Crippen LogP) is 1.92. The molecule has 0 aromatic heterocycles. The second kappa shape index (κ2) is 8.43. The van der Waals surface area contributed by atoms with Gasteiger partial charge >= 0.3 is 0 Å². The van der Waals surface area contributed by atoms with Crippen LogP contribution in [-0.2, 0) is 9.53 Å². The lowest BCUT2D eigenvalue weighted by atomic mass is 10.2. The fraction of sp³-hybridized carbons (Fsp3) is 0.533. The number of ether oxygens (including phenoxy) is 2. The van der Waals surface area contributed by atoms with Crippen molar-refractivity contribution in [3.05, 3.63) is 24.3 Å². The average molecular weight is 280 g/mol. The summed E-state index contributed by atoms with van der Waals surface area (Å²) >= 11 is 0. The maximum atomic E-state index is 12.1. The molecule has 112 valence electrons. The lowest BCUT2D eigenvalue weighted by Crippen LogP contribution is -2.39. The first-order chi connectivity index (χ1) is 9.56. The number of methoxy groups -OCH3 is 1. The van der Waals surface area contributed by atoms with E-state index >= 15 is 0 Å². The van der Waals surface area contributed by atoms with Gasteiger partial charge in [0.05, 0.1) is 25.3 Å². The molecule has 1 rings (SSSR count). The standard InChI is InChI=1S/C15H24N2O3/c1-12(2)17(9-11-19-3)15(18)8-10-20-14-7-5-4-6-13(14)16/h4-7,12H,8-11,16H2,1-3H3. The number of amides is 1. The molecule has 0 heterocycles. The Hall–Kier alpha value is -1.75. The number of para-hydroxylation sites is 2. The molecule has 0 spiro atoms. The second-order valence-electron chi connectivity index (χ2n) is 4.81. The number of hydrogen-bond acceptors (Lipinski definition) is 4. The molecular weight excluding hydrogens is 256 g/mol. The van der Waals surface area contributed by atoms with E-state index in [1.165, 1.54) is 0 Å². The Morgan fingerprint density at radius 1 is 1.30 bits per heavy atom. The molecule has 0 radical (unpaired) electrons. The Morgan fingerprint density at radius 3 is 2.60 bits per heavy atom. The smallest absolute Gasteiger partial charge is 0.226 e. The molecule has 1 amide bonds. The van der Waals surface area contributed by atoms with Crippen molar-refractivity contribution in [2.24, 2.45) is 0 Å². The van der Waals surface area contributed by atoms with Crippen molar-refractivity contribution in [1.82, 2.24) is 4.90 Å². The van der Waals surface area contributed by atoms with Crippen LogP contribution in [0.3, 0.4) is 0 Å². The number of anilines is 1. The van der Waals surface area contributed by atoms with Crippen molar-refractivity contribution in [1.29, 1.82) is 0 Å². The molecule has 5 nitrogen and oxygen atoms in total. The summed E-state index contributed by atoms with van der Waals surface area (Å²) < 4.78 is 10.6. The van der Waals surface area contributed by atoms with Gasteiger partial charge in [-0.05, 0) is 26.0 Å². The first-order valence-corrected chi connectivity index (χ1v) is 6.82. The zero-order valence-corrected chi connectivity index (χ0v) is 12.5. The molecule has 0 saturated carbocycles. The Morgan fingerprint density at radius 2 is 2.00 bits per heavy atom. The van der Waals surface area contributed by atoms with E-state index in [0.29, 0.717) is 37.6 Å². The van der Waals surface area contributed by atoms with Gasteiger partial charge in [-0.25, -0.2) is 0 Å². The lowest BCUT2D eigenvalue weighted by Gasteiger charge is -2.26. The summed E-state index contributed by atoms with van der Waals surface area (Å²) in [6.07, 6.45) is 0.330. The number of rotatable bonds is 8. The van der Waals surface area contributed by atoms with Gasteiger partial charge < -0.3 is 20.1 Å². The monoisotopic (exact) mass is 280 g/mol. The van der Waals surface area contributed by atoms with Crippen molar-refractivity contribution in [3.8, 4) is 5.75 Å². The maximum Gasteiger partial charge on any atom is 0.226 e. The summed E-state index contributed by atoms with van der Waals surface area (Å²) in [6.45, 7) is 5.44. The number of nitrogen functional groups attached to an aromatic ring is 1. The van der Waals surface area contributed by atoms with Crippen LogP contribution in [0.1, 0.15) is 20.3 Å². The third-order valence-electron chi connectivity index (χ3n) is 2.97. The van der Waals surface area contributed by atoms with Crippen molar-refractivity contribution < 1.29 is 14.3 Å². The molecular formula is C15H24N2O3. The van der Waals surface area contributed by atoms with Crippen LogP contribution in [0.5, 0.6) is 5.75 Å². The van der Waals surface area contributed by atoms with Crippen LogP contribution in [0.25, 0.3) is 0 Å². The summed E-state index contributed by atoms with van der Waals surface area (Å²) in [5.41, 5.74) is 6.36. The Labute approximate surface area is 120 Å². The summed E-state index contributed by atoms with van der Waals surface area (Å²) in [4.78, 5) is 13.9. The number of nitrogens with two attached hydrogens (primary N) is 1. The van der Waals surface area contributed by atoms with Crippen LogP contribution < -0.4 is 10.5 Å². The topological polar surface area (TPSA) is 64.8 Å². The molecule has 0 aliphatic heterocycles. The van der Waals surface area contributed by atoms with E-state index in [-0.39, 0.29) is 11.9 Å². The Balaban J connectivity index is 2.43. The minimum Gasteiger partial charge on any atom is -0.491 e. The first kappa shape index (κ1) is 16.3. The summed E-state index contributed by atoms with van der Waals surface area (Å²) in [6, 6.07) is 7.42. The molecule has 0 unspecified atom stereocenters. The van der Waals surface area contributed by atoms with Gasteiger partial charge in [0, 0.05) is 19.7 Å². The van der Waals surface area contributed by atoms with E-state index < -0.39 is 0 Å². The van der Waals surface area contributed by atoms with Gasteiger partial charge in [0.1, 0.15) is 5.75 Å². The number of carbonyl (C=O) groups is 1. The van der Waals surface area contributed by atoms with Gasteiger partial charge in [0.2, 0.25) is 5.91 Å². The number of hydrogen-bond donors (Lipinski definition) is 1. The van der Waals surface area contributed by atoms with Gasteiger partial charge in [0.25, 0.3) is 0 Å². The highest BCUT2D eigenvalue weighted by molar-refractivity contribution is 5.76. The summed E-state index contributed by atoms with van der Waals surface area (Å²) in [7, 11) is 1.63. The zero-order chi connectivity index (χ0) is 15.0. The fourth-order valence-electron chi connectivity index (χ4n) is 1.86. The van der Waals surface area contributed by atoms with E-state index in [1.807, 2.05) is 26.0 Å². The minimum atomic E-state index is 0.0616. The van der Waals surface area contributed by atoms with Crippen LogP contribution in [-0.4, -0.2) is 43.7 Å². The molecule has 20 heavy (non-hydrogen) atoms. The van der Waals surface area contributed by atoms with Crippen molar-refractivity contribution >= 4 is 11.6 Å². The third-order valence-corrected chi connectivity index (χ3v) is 2.97. The molecule has 1 aromatic carbocycles. The van der Waals surface area contributed by atoms with E-state index in [9.17, 15) is 4.79 Å². The molecule has 0 aliphatic rings. The van der Waals surface area contributed by atoms with Crippen LogP contribution >= 0.6 is 0 Å². The average Bonchev–Trinajstić information content (AvgIpc) is 2.41. The summed E-state index contributed by atoms with van der Waals surface area (Å²) in [5.74, 6) is 0.680. The minimum absolute atomic E-state index is 0.0616. The lowest BCUT2D eigenvalue weighted by molar-refractivity contribution is -0.134. The van der Waals surface area contributed by atoms with E-state index in [0.717, 1.165) is 0 Å². The largest absolute Gasteiger partial charge is 0.491 e. The van der Waals surface area contributed by atoms with Crippen molar-refractivity contribution in [3.63, 3.8) is 0 Å². The van der Waals surface area contributed by atoms with Gasteiger partial charge in [-0.15, -0.1) is 0 Å². The molecule has 5 heteroatoms. The van der Waals surface area contributed by atoms with Gasteiger partial charge in [0.15, 0.2) is 0 Å². The molecule has 0 aliphatic carbocycles. The van der Waals surface area contributed by atoms with Gasteiger partial charge in [-0.1, -0.05) is 12.1 Å². The molecule has 0 fully saturated rings. The fourth-order valence-corrected chi connectivity index (χ4v) is 1.86.